The first kappa shape index (κ1) is 18.8. The first-order chi connectivity index (χ1) is 12.5. The number of carboxylic acid groups (broad SMARTS) is 1. The Labute approximate surface area is 153 Å². The van der Waals surface area contributed by atoms with Gasteiger partial charge in [-0.15, -0.1) is 0 Å². The van der Waals surface area contributed by atoms with Crippen molar-refractivity contribution in [1.82, 2.24) is 0 Å². The molecule has 4 atom stereocenters. The second-order valence-corrected chi connectivity index (χ2v) is 7.38. The number of hydrogen-bond acceptors (Lipinski definition) is 4. The lowest BCUT2D eigenvalue weighted by molar-refractivity contribution is -0.137. The fourth-order valence-corrected chi connectivity index (χ4v) is 4.24. The van der Waals surface area contributed by atoms with Crippen LogP contribution < -0.4 is 0 Å². The molecule has 0 spiro atoms. The lowest BCUT2D eigenvalue weighted by Gasteiger charge is -2.21. The van der Waals surface area contributed by atoms with E-state index in [0.29, 0.717) is 19.3 Å². The zero-order chi connectivity index (χ0) is 18.7. The summed E-state index contributed by atoms with van der Waals surface area (Å²) in [5.74, 6) is -1.17. The molecule has 1 aromatic rings. The summed E-state index contributed by atoms with van der Waals surface area (Å²) < 4.78 is 0. The van der Waals surface area contributed by atoms with Crippen LogP contribution in [-0.2, 0) is 16.0 Å². The number of aliphatic hydroxyl groups is 2. The molecule has 0 saturated heterocycles. The molecule has 1 saturated carbocycles. The van der Waals surface area contributed by atoms with E-state index in [2.05, 4.69) is 0 Å². The van der Waals surface area contributed by atoms with Crippen molar-refractivity contribution in [1.29, 1.82) is 0 Å². The molecule has 2 aliphatic carbocycles. The van der Waals surface area contributed by atoms with Crippen molar-refractivity contribution in [3.8, 4) is 0 Å². The first-order valence-electron chi connectivity index (χ1n) is 9.35. The Morgan fingerprint density at radius 2 is 2.04 bits per heavy atom. The van der Waals surface area contributed by atoms with E-state index < -0.39 is 18.2 Å². The number of benzene rings is 1. The molecule has 1 aromatic carbocycles. The van der Waals surface area contributed by atoms with E-state index in [1.807, 2.05) is 30.4 Å². The van der Waals surface area contributed by atoms with Gasteiger partial charge in [-0.25, -0.2) is 0 Å². The Morgan fingerprint density at radius 3 is 2.81 bits per heavy atom. The van der Waals surface area contributed by atoms with Gasteiger partial charge in [0, 0.05) is 24.7 Å². The molecule has 5 heteroatoms. The summed E-state index contributed by atoms with van der Waals surface area (Å²) in [7, 11) is 0. The summed E-state index contributed by atoms with van der Waals surface area (Å²) in [4.78, 5) is 22.9. The van der Waals surface area contributed by atoms with Gasteiger partial charge in [0.1, 0.15) is 5.78 Å². The van der Waals surface area contributed by atoms with Gasteiger partial charge in [-0.3, -0.25) is 9.59 Å². The van der Waals surface area contributed by atoms with Gasteiger partial charge in [-0.2, -0.15) is 0 Å². The minimum absolute atomic E-state index is 0.0817. The lowest BCUT2D eigenvalue weighted by Crippen LogP contribution is -2.18. The van der Waals surface area contributed by atoms with Gasteiger partial charge in [0.15, 0.2) is 0 Å². The summed E-state index contributed by atoms with van der Waals surface area (Å²) >= 11 is 0. The Balaban J connectivity index is 1.68. The topological polar surface area (TPSA) is 94.8 Å². The largest absolute Gasteiger partial charge is 0.481 e. The van der Waals surface area contributed by atoms with Crippen molar-refractivity contribution in [2.45, 2.75) is 63.1 Å². The van der Waals surface area contributed by atoms with Gasteiger partial charge < -0.3 is 15.3 Å². The zero-order valence-electron chi connectivity index (χ0n) is 14.8. The smallest absolute Gasteiger partial charge is 0.303 e. The third-order valence-corrected chi connectivity index (χ3v) is 5.59. The van der Waals surface area contributed by atoms with Crippen LogP contribution in [0.15, 0.2) is 30.4 Å². The molecule has 0 aliphatic heterocycles. The van der Waals surface area contributed by atoms with Crippen LogP contribution in [-0.4, -0.2) is 33.2 Å². The van der Waals surface area contributed by atoms with Crippen molar-refractivity contribution < 1.29 is 24.9 Å². The number of carbonyl (C=O) groups excluding carboxylic acids is 1. The maximum atomic E-state index is 12.4. The third-order valence-electron chi connectivity index (χ3n) is 5.59. The SMILES string of the molecule is O=C(O)CCC/C=C\C[C@H]1C(=O)C[C@@H](O)[C@@H]1c1ccc2c(c1)CCC2O. The van der Waals surface area contributed by atoms with E-state index in [-0.39, 0.29) is 30.5 Å². The van der Waals surface area contributed by atoms with E-state index in [0.717, 1.165) is 29.5 Å². The lowest BCUT2D eigenvalue weighted by atomic mass is 9.84. The number of fused-ring (bicyclic) bond motifs is 1. The molecule has 0 radical (unpaired) electrons. The molecule has 140 valence electrons. The van der Waals surface area contributed by atoms with E-state index in [1.54, 1.807) is 0 Å². The van der Waals surface area contributed by atoms with Gasteiger partial charge in [-0.05, 0) is 48.8 Å². The highest BCUT2D eigenvalue weighted by Gasteiger charge is 2.42. The van der Waals surface area contributed by atoms with Crippen molar-refractivity contribution in [2.24, 2.45) is 5.92 Å². The monoisotopic (exact) mass is 358 g/mol. The van der Waals surface area contributed by atoms with Crippen molar-refractivity contribution in [2.75, 3.05) is 0 Å². The molecule has 1 fully saturated rings. The summed E-state index contributed by atoms with van der Waals surface area (Å²) in [6.07, 6.45) is 6.51. The standard InChI is InChI=1S/C21H26O5/c22-17-10-8-13-11-14(7-9-15(13)17)21-16(18(23)12-19(21)24)5-3-1-2-4-6-20(25)26/h1,3,7,9,11,16-17,19,21-22,24H,2,4-6,8,10,12H2,(H,25,26)/b3-1-/t16-,17?,19+,21+/m0/s1. The van der Waals surface area contributed by atoms with Crippen LogP contribution in [0.1, 0.15) is 67.2 Å². The molecule has 0 amide bonds. The minimum atomic E-state index is -0.797. The molecule has 3 rings (SSSR count). The van der Waals surface area contributed by atoms with Crippen LogP contribution in [0.25, 0.3) is 0 Å². The van der Waals surface area contributed by atoms with Crippen LogP contribution in [0.3, 0.4) is 0 Å². The molecule has 3 N–H and O–H groups in total. The number of hydrogen-bond donors (Lipinski definition) is 3. The van der Waals surface area contributed by atoms with Crippen molar-refractivity contribution in [3.05, 3.63) is 47.0 Å². The number of rotatable bonds is 7. The molecule has 1 unspecified atom stereocenters. The zero-order valence-corrected chi connectivity index (χ0v) is 14.8. The second kappa shape index (κ2) is 8.14. The van der Waals surface area contributed by atoms with Gasteiger partial charge in [0.25, 0.3) is 0 Å². The maximum absolute atomic E-state index is 12.4. The molecular formula is C21H26O5. The Hall–Kier alpha value is -1.98. The number of unbranched alkanes of at least 4 members (excludes halogenated alkanes) is 1. The summed E-state index contributed by atoms with van der Waals surface area (Å²) in [6, 6.07) is 5.90. The predicted molar refractivity (Wildman–Crippen MR) is 96.8 cm³/mol. The molecule has 26 heavy (non-hydrogen) atoms. The van der Waals surface area contributed by atoms with Crippen LogP contribution in [0.2, 0.25) is 0 Å². The van der Waals surface area contributed by atoms with Gasteiger partial charge in [0.2, 0.25) is 0 Å². The van der Waals surface area contributed by atoms with Crippen molar-refractivity contribution in [3.63, 3.8) is 0 Å². The average Bonchev–Trinajstić information content (AvgIpc) is 3.10. The number of Topliss-reactive ketones (excluding diaryl/α,β-unsaturated/α-hetero) is 1. The molecule has 0 heterocycles. The predicted octanol–water partition coefficient (Wildman–Crippen LogP) is 2.90. The molecule has 5 nitrogen and oxygen atoms in total. The van der Waals surface area contributed by atoms with E-state index >= 15 is 0 Å². The number of aliphatic hydroxyl groups excluding tert-OH is 2. The third kappa shape index (κ3) is 4.05. The number of allylic oxidation sites excluding steroid dienone is 2. The van der Waals surface area contributed by atoms with Crippen LogP contribution >= 0.6 is 0 Å². The van der Waals surface area contributed by atoms with Crippen LogP contribution in [0.4, 0.5) is 0 Å². The Kier molecular flexibility index (Phi) is 5.89. The van der Waals surface area contributed by atoms with Crippen molar-refractivity contribution >= 4 is 11.8 Å². The van der Waals surface area contributed by atoms with Crippen LogP contribution in [0, 0.1) is 5.92 Å². The average molecular weight is 358 g/mol. The summed E-state index contributed by atoms with van der Waals surface area (Å²) in [6.45, 7) is 0. The molecule has 2 aliphatic rings. The Bertz CT molecular complexity index is 708. The fraction of sp³-hybridized carbons (Fsp3) is 0.524. The Morgan fingerprint density at radius 1 is 1.23 bits per heavy atom. The number of ketones is 1. The normalized spacial score (nSPS) is 28.0. The quantitative estimate of drug-likeness (QED) is 0.515. The van der Waals surface area contributed by atoms with E-state index in [4.69, 9.17) is 5.11 Å². The van der Waals surface area contributed by atoms with Crippen LogP contribution in [0.5, 0.6) is 0 Å². The maximum Gasteiger partial charge on any atom is 0.303 e. The summed E-state index contributed by atoms with van der Waals surface area (Å²) in [5.41, 5.74) is 3.05. The minimum Gasteiger partial charge on any atom is -0.481 e. The molecule has 0 aromatic heterocycles. The van der Waals surface area contributed by atoms with Gasteiger partial charge in [0.05, 0.1) is 12.2 Å². The number of aliphatic carboxylic acids is 1. The van der Waals surface area contributed by atoms with E-state index in [1.165, 1.54) is 0 Å². The first-order valence-corrected chi connectivity index (χ1v) is 9.35. The van der Waals surface area contributed by atoms with Gasteiger partial charge in [-0.1, -0.05) is 30.4 Å². The number of carboxylic acids is 1. The highest BCUT2D eigenvalue weighted by atomic mass is 16.4. The highest BCUT2D eigenvalue weighted by molar-refractivity contribution is 5.85. The summed E-state index contributed by atoms with van der Waals surface area (Å²) in [5, 5.41) is 29.0. The second-order valence-electron chi connectivity index (χ2n) is 7.38. The number of aryl methyl sites for hydroxylation is 1. The molecule has 0 bridgehead atoms. The highest BCUT2D eigenvalue weighted by Crippen LogP contribution is 2.42. The molecular weight excluding hydrogens is 332 g/mol. The van der Waals surface area contributed by atoms with E-state index in [9.17, 15) is 19.8 Å². The number of carbonyl (C=O) groups is 2. The fourth-order valence-electron chi connectivity index (χ4n) is 4.24. The van der Waals surface area contributed by atoms with Gasteiger partial charge >= 0.3 is 5.97 Å².